The maximum Gasteiger partial charge on any atom is 0.246 e. The van der Waals surface area contributed by atoms with Gasteiger partial charge in [-0.1, -0.05) is 18.2 Å². The first-order valence-corrected chi connectivity index (χ1v) is 12.1. The molecule has 1 N–H and O–H groups in total. The van der Waals surface area contributed by atoms with Crippen molar-refractivity contribution in [2.75, 3.05) is 44.8 Å². The van der Waals surface area contributed by atoms with Gasteiger partial charge in [0.1, 0.15) is 0 Å². The first-order chi connectivity index (χ1) is 17.5. The van der Waals surface area contributed by atoms with Crippen LogP contribution in [0.1, 0.15) is 17.0 Å². The molecule has 3 aromatic rings. The molecule has 36 heavy (non-hydrogen) atoms. The van der Waals surface area contributed by atoms with Gasteiger partial charge in [-0.25, -0.2) is 0 Å². The van der Waals surface area contributed by atoms with E-state index in [1.165, 1.54) is 0 Å². The molecule has 2 aromatic carbocycles. The minimum absolute atomic E-state index is 0.0173. The Morgan fingerprint density at radius 3 is 2.47 bits per heavy atom. The Labute approximate surface area is 210 Å². The smallest absolute Gasteiger partial charge is 0.246 e. The first-order valence-electron chi connectivity index (χ1n) is 12.1. The summed E-state index contributed by atoms with van der Waals surface area (Å²) in [5, 5.41) is 2.91. The molecule has 0 spiro atoms. The third-order valence-electron chi connectivity index (χ3n) is 6.60. The molecule has 2 aliphatic rings. The van der Waals surface area contributed by atoms with Crippen LogP contribution < -0.4 is 14.8 Å². The van der Waals surface area contributed by atoms with E-state index >= 15 is 0 Å². The number of amides is 2. The molecule has 5 rings (SSSR count). The SMILES string of the molecule is Cc1cc(/C=C/C(=O)N2CCN(CC(=O)Nc3ccccc3)CC2)c(C)n1-c1ccc2c(c1)OCO2. The average Bonchev–Trinajstić information content (AvgIpc) is 3.46. The molecule has 2 aliphatic heterocycles. The number of fused-ring (bicyclic) bond motifs is 1. The largest absolute Gasteiger partial charge is 0.454 e. The fourth-order valence-corrected chi connectivity index (χ4v) is 4.70. The molecular weight excluding hydrogens is 456 g/mol. The van der Waals surface area contributed by atoms with Crippen LogP contribution in [0.3, 0.4) is 0 Å². The summed E-state index contributed by atoms with van der Waals surface area (Å²) < 4.78 is 13.1. The molecule has 8 heteroatoms. The molecule has 0 aliphatic carbocycles. The Hall–Kier alpha value is -4.04. The number of hydrogen-bond donors (Lipinski definition) is 1. The van der Waals surface area contributed by atoms with Crippen molar-refractivity contribution < 1.29 is 19.1 Å². The molecule has 1 aromatic heterocycles. The zero-order valence-electron chi connectivity index (χ0n) is 20.6. The van der Waals surface area contributed by atoms with Gasteiger partial charge >= 0.3 is 0 Å². The quantitative estimate of drug-likeness (QED) is 0.539. The number of nitrogens with zero attached hydrogens (tertiary/aromatic N) is 3. The highest BCUT2D eigenvalue weighted by Crippen LogP contribution is 2.35. The van der Waals surface area contributed by atoms with E-state index in [9.17, 15) is 9.59 Å². The molecule has 0 radical (unpaired) electrons. The predicted octanol–water partition coefficient (Wildman–Crippen LogP) is 3.62. The Balaban J connectivity index is 1.16. The fourth-order valence-electron chi connectivity index (χ4n) is 4.70. The number of aryl methyl sites for hydroxylation is 1. The minimum atomic E-state index is -0.0429. The van der Waals surface area contributed by atoms with Gasteiger partial charge in [-0.15, -0.1) is 0 Å². The zero-order chi connectivity index (χ0) is 25.1. The second-order valence-electron chi connectivity index (χ2n) is 9.05. The number of carbonyl (C=O) groups excluding carboxylic acids is 2. The summed E-state index contributed by atoms with van der Waals surface area (Å²) in [4.78, 5) is 29.1. The van der Waals surface area contributed by atoms with Crippen molar-refractivity contribution in [2.45, 2.75) is 13.8 Å². The summed E-state index contributed by atoms with van der Waals surface area (Å²) in [7, 11) is 0. The summed E-state index contributed by atoms with van der Waals surface area (Å²) in [6.07, 6.45) is 3.53. The topological polar surface area (TPSA) is 76.0 Å². The molecule has 0 atom stereocenters. The predicted molar refractivity (Wildman–Crippen MR) is 138 cm³/mol. The summed E-state index contributed by atoms with van der Waals surface area (Å²) in [5.41, 5.74) is 4.90. The van der Waals surface area contributed by atoms with Crippen LogP contribution in [-0.2, 0) is 9.59 Å². The van der Waals surface area contributed by atoms with Crippen LogP contribution in [0.15, 0.2) is 60.7 Å². The van der Waals surface area contributed by atoms with Gasteiger partial charge in [-0.3, -0.25) is 14.5 Å². The van der Waals surface area contributed by atoms with Crippen molar-refractivity contribution in [1.29, 1.82) is 0 Å². The molecule has 0 saturated carbocycles. The van der Waals surface area contributed by atoms with E-state index in [0.717, 1.165) is 39.8 Å². The van der Waals surface area contributed by atoms with Gasteiger partial charge in [0.25, 0.3) is 0 Å². The average molecular weight is 487 g/mol. The number of nitrogens with one attached hydrogen (secondary N) is 1. The van der Waals surface area contributed by atoms with Gasteiger partial charge in [0.2, 0.25) is 18.6 Å². The van der Waals surface area contributed by atoms with E-state index < -0.39 is 0 Å². The molecule has 0 unspecified atom stereocenters. The van der Waals surface area contributed by atoms with Crippen molar-refractivity contribution in [3.05, 3.63) is 77.6 Å². The Morgan fingerprint density at radius 2 is 1.69 bits per heavy atom. The maximum absolute atomic E-state index is 12.8. The minimum Gasteiger partial charge on any atom is -0.454 e. The van der Waals surface area contributed by atoms with Crippen LogP contribution in [-0.4, -0.2) is 65.7 Å². The van der Waals surface area contributed by atoms with Gasteiger partial charge in [0.05, 0.1) is 6.54 Å². The second-order valence-corrected chi connectivity index (χ2v) is 9.05. The summed E-state index contributed by atoms with van der Waals surface area (Å²) >= 11 is 0. The summed E-state index contributed by atoms with van der Waals surface area (Å²) in [6.45, 7) is 7.17. The van der Waals surface area contributed by atoms with Crippen LogP contribution in [0.5, 0.6) is 11.5 Å². The van der Waals surface area contributed by atoms with Crippen molar-refractivity contribution >= 4 is 23.6 Å². The van der Waals surface area contributed by atoms with Gasteiger partial charge in [0, 0.05) is 61.1 Å². The summed E-state index contributed by atoms with van der Waals surface area (Å²) in [5.74, 6) is 1.43. The molecule has 8 nitrogen and oxygen atoms in total. The van der Waals surface area contributed by atoms with Gasteiger partial charge in [-0.05, 0) is 55.8 Å². The van der Waals surface area contributed by atoms with E-state index in [-0.39, 0.29) is 18.6 Å². The van der Waals surface area contributed by atoms with Crippen molar-refractivity contribution in [3.8, 4) is 17.2 Å². The summed E-state index contributed by atoms with van der Waals surface area (Å²) in [6, 6.07) is 17.4. The van der Waals surface area contributed by atoms with Crippen LogP contribution in [0.4, 0.5) is 5.69 Å². The first kappa shape index (κ1) is 23.7. The van der Waals surface area contributed by atoms with Crippen molar-refractivity contribution in [2.24, 2.45) is 0 Å². The molecule has 186 valence electrons. The zero-order valence-corrected chi connectivity index (χ0v) is 20.6. The number of carbonyl (C=O) groups is 2. The standard InChI is InChI=1S/C28H30N4O4/c1-20-16-22(21(2)32(20)24-9-10-25-26(17-24)36-19-35-25)8-11-28(34)31-14-12-30(13-15-31)18-27(33)29-23-6-4-3-5-7-23/h3-11,16-17H,12-15,18-19H2,1-2H3,(H,29,33)/b11-8+. The third-order valence-corrected chi connectivity index (χ3v) is 6.60. The Bertz CT molecular complexity index is 1290. The highest BCUT2D eigenvalue weighted by molar-refractivity contribution is 5.93. The van der Waals surface area contributed by atoms with E-state index in [4.69, 9.17) is 9.47 Å². The maximum atomic E-state index is 12.8. The van der Waals surface area contributed by atoms with Crippen molar-refractivity contribution in [1.82, 2.24) is 14.4 Å². The lowest BCUT2D eigenvalue weighted by Gasteiger charge is -2.33. The van der Waals surface area contributed by atoms with Crippen LogP contribution >= 0.6 is 0 Å². The number of ether oxygens (including phenoxy) is 2. The Kier molecular flexibility index (Phi) is 6.77. The monoisotopic (exact) mass is 486 g/mol. The molecule has 1 saturated heterocycles. The number of benzene rings is 2. The molecule has 2 amide bonds. The number of anilines is 1. The fraction of sp³-hybridized carbons (Fsp3) is 0.286. The number of rotatable bonds is 6. The molecular formula is C28H30N4O4. The van der Waals surface area contributed by atoms with Crippen LogP contribution in [0, 0.1) is 13.8 Å². The van der Waals surface area contributed by atoms with Crippen molar-refractivity contribution in [3.63, 3.8) is 0 Å². The van der Waals surface area contributed by atoms with Gasteiger partial charge in [0.15, 0.2) is 11.5 Å². The molecule has 3 heterocycles. The normalized spacial score (nSPS) is 15.4. The number of hydrogen-bond acceptors (Lipinski definition) is 5. The van der Waals surface area contributed by atoms with Gasteiger partial charge < -0.3 is 24.3 Å². The lowest BCUT2D eigenvalue weighted by molar-refractivity contribution is -0.127. The lowest BCUT2D eigenvalue weighted by Crippen LogP contribution is -2.50. The molecule has 1 fully saturated rings. The van der Waals surface area contributed by atoms with E-state index in [0.29, 0.717) is 32.7 Å². The van der Waals surface area contributed by atoms with E-state index in [1.54, 1.807) is 6.08 Å². The van der Waals surface area contributed by atoms with E-state index in [2.05, 4.69) is 20.9 Å². The highest BCUT2D eigenvalue weighted by Gasteiger charge is 2.22. The lowest BCUT2D eigenvalue weighted by atomic mass is 10.2. The van der Waals surface area contributed by atoms with Crippen LogP contribution in [0.2, 0.25) is 0 Å². The van der Waals surface area contributed by atoms with E-state index in [1.807, 2.05) is 73.4 Å². The second kappa shape index (κ2) is 10.3. The number of para-hydroxylation sites is 1. The van der Waals surface area contributed by atoms with Gasteiger partial charge in [-0.2, -0.15) is 0 Å². The number of aromatic nitrogens is 1. The third kappa shape index (κ3) is 5.13. The Morgan fingerprint density at radius 1 is 0.944 bits per heavy atom. The number of piperazine rings is 1. The van der Waals surface area contributed by atoms with Crippen LogP contribution in [0.25, 0.3) is 11.8 Å². The highest BCUT2D eigenvalue weighted by atomic mass is 16.7. The molecule has 0 bridgehead atoms.